The summed E-state index contributed by atoms with van der Waals surface area (Å²) in [6, 6.07) is 6.14. The molecule has 19 heavy (non-hydrogen) atoms. The number of rotatable bonds is 2. The Labute approximate surface area is 113 Å². The van der Waals surface area contributed by atoms with Crippen molar-refractivity contribution >= 4 is 11.6 Å². The lowest BCUT2D eigenvalue weighted by atomic mass is 9.92. The number of aliphatic hydroxyl groups is 1. The zero-order chi connectivity index (χ0) is 13.4. The Morgan fingerprint density at radius 2 is 2.00 bits per heavy atom. The fourth-order valence-corrected chi connectivity index (χ4v) is 3.02. The third-order valence-corrected chi connectivity index (χ3v) is 4.14. The van der Waals surface area contributed by atoms with Crippen LogP contribution in [0.25, 0.3) is 0 Å². The van der Waals surface area contributed by atoms with Gasteiger partial charge in [-0.3, -0.25) is 10.1 Å². The summed E-state index contributed by atoms with van der Waals surface area (Å²) < 4.78 is 0. The normalized spacial score (nSPS) is 30.0. The molecular weight excluding hydrogens is 240 g/mol. The van der Waals surface area contributed by atoms with Gasteiger partial charge in [0.05, 0.1) is 6.10 Å². The second-order valence-electron chi connectivity index (χ2n) is 5.69. The standard InChI is InChI=1S/C15H20N2O2/c1-9-2-7-13-12(8-9)14(15(19)17-13)16-10-3-5-11(18)6-4-10/h2,7-8,10-11,14,16,18H,3-6H2,1H3,(H,17,19). The molecule has 1 unspecified atom stereocenters. The van der Waals surface area contributed by atoms with E-state index in [1.807, 2.05) is 19.1 Å². The lowest BCUT2D eigenvalue weighted by Crippen LogP contribution is -2.39. The number of hydrogen-bond donors (Lipinski definition) is 3. The molecule has 1 atom stereocenters. The van der Waals surface area contributed by atoms with Gasteiger partial charge < -0.3 is 10.4 Å². The second kappa shape index (κ2) is 4.94. The van der Waals surface area contributed by atoms with E-state index in [-0.39, 0.29) is 18.1 Å². The molecule has 4 nitrogen and oxygen atoms in total. The Kier molecular flexibility index (Phi) is 3.29. The molecule has 102 valence electrons. The topological polar surface area (TPSA) is 61.4 Å². The molecule has 3 N–H and O–H groups in total. The number of hydrogen-bond acceptors (Lipinski definition) is 3. The summed E-state index contributed by atoms with van der Waals surface area (Å²) in [6.45, 7) is 2.04. The fourth-order valence-electron chi connectivity index (χ4n) is 3.02. The minimum atomic E-state index is -0.241. The molecule has 1 saturated carbocycles. The monoisotopic (exact) mass is 260 g/mol. The molecular formula is C15H20N2O2. The van der Waals surface area contributed by atoms with Gasteiger partial charge in [0.2, 0.25) is 5.91 Å². The van der Waals surface area contributed by atoms with Crippen LogP contribution in [0.2, 0.25) is 0 Å². The van der Waals surface area contributed by atoms with Crippen molar-refractivity contribution in [3.63, 3.8) is 0 Å². The predicted molar refractivity (Wildman–Crippen MR) is 73.9 cm³/mol. The molecule has 1 aliphatic heterocycles. The summed E-state index contributed by atoms with van der Waals surface area (Å²) >= 11 is 0. The van der Waals surface area contributed by atoms with E-state index in [9.17, 15) is 9.90 Å². The van der Waals surface area contributed by atoms with Crippen molar-refractivity contribution in [1.29, 1.82) is 0 Å². The third kappa shape index (κ3) is 2.51. The van der Waals surface area contributed by atoms with E-state index in [1.54, 1.807) is 0 Å². The van der Waals surface area contributed by atoms with E-state index in [4.69, 9.17) is 0 Å². The number of anilines is 1. The van der Waals surface area contributed by atoms with Crippen LogP contribution in [0, 0.1) is 6.92 Å². The first kappa shape index (κ1) is 12.6. The van der Waals surface area contributed by atoms with E-state index in [0.717, 1.165) is 36.9 Å². The molecule has 1 aliphatic carbocycles. The van der Waals surface area contributed by atoms with Crippen LogP contribution in [0.15, 0.2) is 18.2 Å². The highest BCUT2D eigenvalue weighted by Crippen LogP contribution is 2.33. The number of benzene rings is 1. The van der Waals surface area contributed by atoms with Gasteiger partial charge in [-0.2, -0.15) is 0 Å². The molecule has 0 radical (unpaired) electrons. The first-order valence-electron chi connectivity index (χ1n) is 6.99. The number of fused-ring (bicyclic) bond motifs is 1. The maximum Gasteiger partial charge on any atom is 0.246 e. The molecule has 1 aromatic rings. The van der Waals surface area contributed by atoms with Crippen LogP contribution in [0.1, 0.15) is 42.9 Å². The summed E-state index contributed by atoms with van der Waals surface area (Å²) in [6.07, 6.45) is 3.36. The molecule has 1 aromatic carbocycles. The number of amides is 1. The summed E-state index contributed by atoms with van der Waals surface area (Å²) in [5.74, 6) is 0.0340. The zero-order valence-electron chi connectivity index (χ0n) is 11.1. The smallest absolute Gasteiger partial charge is 0.246 e. The van der Waals surface area contributed by atoms with Crippen molar-refractivity contribution in [2.75, 3.05) is 5.32 Å². The highest BCUT2D eigenvalue weighted by Gasteiger charge is 2.33. The lowest BCUT2D eigenvalue weighted by Gasteiger charge is -2.28. The summed E-state index contributed by atoms with van der Waals surface area (Å²) in [7, 11) is 0. The average molecular weight is 260 g/mol. The molecule has 0 bridgehead atoms. The zero-order valence-corrected chi connectivity index (χ0v) is 11.1. The van der Waals surface area contributed by atoms with Gasteiger partial charge in [0.1, 0.15) is 6.04 Å². The lowest BCUT2D eigenvalue weighted by molar-refractivity contribution is -0.118. The number of aliphatic hydroxyl groups excluding tert-OH is 1. The molecule has 2 aliphatic rings. The van der Waals surface area contributed by atoms with Gasteiger partial charge in [0.25, 0.3) is 0 Å². The maximum atomic E-state index is 12.1. The van der Waals surface area contributed by atoms with Gasteiger partial charge in [-0.1, -0.05) is 17.7 Å². The Bertz CT molecular complexity index is 493. The minimum absolute atomic E-state index is 0.0340. The SMILES string of the molecule is Cc1ccc2c(c1)C(NC1CCC(O)CC1)C(=O)N2. The van der Waals surface area contributed by atoms with Crippen LogP contribution < -0.4 is 10.6 Å². The van der Waals surface area contributed by atoms with E-state index >= 15 is 0 Å². The predicted octanol–water partition coefficient (Wildman–Crippen LogP) is 1.88. The van der Waals surface area contributed by atoms with Crippen LogP contribution in [-0.4, -0.2) is 23.2 Å². The summed E-state index contributed by atoms with van der Waals surface area (Å²) in [5.41, 5.74) is 3.14. The Balaban J connectivity index is 1.75. The number of carbonyl (C=O) groups is 1. The van der Waals surface area contributed by atoms with E-state index in [0.29, 0.717) is 6.04 Å². The quantitative estimate of drug-likeness (QED) is 0.761. The van der Waals surface area contributed by atoms with Crippen molar-refractivity contribution in [2.24, 2.45) is 0 Å². The van der Waals surface area contributed by atoms with Gasteiger partial charge in [-0.15, -0.1) is 0 Å². The number of nitrogens with one attached hydrogen (secondary N) is 2. The van der Waals surface area contributed by atoms with Gasteiger partial charge >= 0.3 is 0 Å². The summed E-state index contributed by atoms with van der Waals surface area (Å²) in [4.78, 5) is 12.1. The molecule has 1 amide bonds. The van der Waals surface area contributed by atoms with E-state index in [2.05, 4.69) is 16.7 Å². The van der Waals surface area contributed by atoms with Crippen molar-refractivity contribution in [3.8, 4) is 0 Å². The van der Waals surface area contributed by atoms with Gasteiger partial charge in [0.15, 0.2) is 0 Å². The van der Waals surface area contributed by atoms with E-state index < -0.39 is 0 Å². The van der Waals surface area contributed by atoms with Crippen LogP contribution in [0.4, 0.5) is 5.69 Å². The van der Waals surface area contributed by atoms with Crippen LogP contribution in [0.3, 0.4) is 0 Å². The summed E-state index contributed by atoms with van der Waals surface area (Å²) in [5, 5.41) is 15.9. The number of carbonyl (C=O) groups excluding carboxylic acids is 1. The van der Waals surface area contributed by atoms with Gasteiger partial charge in [0, 0.05) is 17.3 Å². The molecule has 0 spiro atoms. The van der Waals surface area contributed by atoms with Crippen molar-refractivity contribution in [1.82, 2.24) is 5.32 Å². The van der Waals surface area contributed by atoms with Gasteiger partial charge in [-0.05, 0) is 38.7 Å². The van der Waals surface area contributed by atoms with Crippen molar-refractivity contribution < 1.29 is 9.90 Å². The van der Waals surface area contributed by atoms with Crippen molar-refractivity contribution in [2.45, 2.75) is 50.8 Å². The van der Waals surface area contributed by atoms with Gasteiger partial charge in [-0.25, -0.2) is 0 Å². The first-order valence-corrected chi connectivity index (χ1v) is 6.99. The highest BCUT2D eigenvalue weighted by atomic mass is 16.3. The first-order chi connectivity index (χ1) is 9.13. The van der Waals surface area contributed by atoms with Crippen LogP contribution in [-0.2, 0) is 4.79 Å². The molecule has 4 heteroatoms. The highest BCUT2D eigenvalue weighted by molar-refractivity contribution is 6.02. The Morgan fingerprint density at radius 1 is 1.26 bits per heavy atom. The van der Waals surface area contributed by atoms with Crippen LogP contribution in [0.5, 0.6) is 0 Å². The Hall–Kier alpha value is -1.39. The third-order valence-electron chi connectivity index (χ3n) is 4.14. The largest absolute Gasteiger partial charge is 0.393 e. The second-order valence-corrected chi connectivity index (χ2v) is 5.69. The molecule has 0 aromatic heterocycles. The molecule has 3 rings (SSSR count). The van der Waals surface area contributed by atoms with E-state index in [1.165, 1.54) is 5.56 Å². The minimum Gasteiger partial charge on any atom is -0.393 e. The molecule has 0 saturated heterocycles. The van der Waals surface area contributed by atoms with Crippen LogP contribution >= 0.6 is 0 Å². The molecule has 1 heterocycles. The maximum absolute atomic E-state index is 12.1. The number of aryl methyl sites for hydroxylation is 1. The fraction of sp³-hybridized carbons (Fsp3) is 0.533. The Morgan fingerprint density at radius 3 is 2.74 bits per heavy atom. The molecule has 1 fully saturated rings. The average Bonchev–Trinajstić information content (AvgIpc) is 2.69. The van der Waals surface area contributed by atoms with Crippen molar-refractivity contribution in [3.05, 3.63) is 29.3 Å².